The normalized spacial score (nSPS) is 24.4. The van der Waals surface area contributed by atoms with Crippen molar-refractivity contribution in [1.29, 1.82) is 0 Å². The van der Waals surface area contributed by atoms with Crippen LogP contribution in [-0.2, 0) is 4.79 Å². The summed E-state index contributed by atoms with van der Waals surface area (Å²) in [6.45, 7) is 5.57. The highest BCUT2D eigenvalue weighted by molar-refractivity contribution is 5.77. The molecule has 1 N–H and O–H groups in total. The van der Waals surface area contributed by atoms with Gasteiger partial charge < -0.3 is 10.2 Å². The first-order valence-corrected chi connectivity index (χ1v) is 6.45. The third-order valence-corrected chi connectivity index (χ3v) is 3.50. The van der Waals surface area contributed by atoms with Gasteiger partial charge in [-0.1, -0.05) is 6.08 Å². The quantitative estimate of drug-likeness (QED) is 0.694. The van der Waals surface area contributed by atoms with Crippen LogP contribution in [0.2, 0.25) is 0 Å². The van der Waals surface area contributed by atoms with E-state index in [-0.39, 0.29) is 0 Å². The summed E-state index contributed by atoms with van der Waals surface area (Å²) in [4.78, 5) is 14.0. The van der Waals surface area contributed by atoms with Crippen molar-refractivity contribution in [3.05, 3.63) is 12.7 Å². The first-order valence-electron chi connectivity index (χ1n) is 6.45. The molecular weight excluding hydrogens is 200 g/mol. The summed E-state index contributed by atoms with van der Waals surface area (Å²) in [5.41, 5.74) is 0. The lowest BCUT2D eigenvalue weighted by Crippen LogP contribution is -2.34. The van der Waals surface area contributed by atoms with Crippen molar-refractivity contribution in [3.8, 4) is 0 Å². The summed E-state index contributed by atoms with van der Waals surface area (Å²) in [6, 6.07) is 1.09. The van der Waals surface area contributed by atoms with Gasteiger partial charge in [0.15, 0.2) is 0 Å². The predicted octanol–water partition coefficient (Wildman–Crippen LogP) is 1.70. The maximum Gasteiger partial charge on any atom is 0.223 e. The van der Waals surface area contributed by atoms with E-state index in [1.807, 2.05) is 11.0 Å². The van der Waals surface area contributed by atoms with Gasteiger partial charge in [-0.2, -0.15) is 0 Å². The molecule has 0 radical (unpaired) electrons. The first-order chi connectivity index (χ1) is 7.81. The van der Waals surface area contributed by atoms with Crippen molar-refractivity contribution >= 4 is 5.91 Å². The van der Waals surface area contributed by atoms with Crippen molar-refractivity contribution in [2.75, 3.05) is 13.1 Å². The monoisotopic (exact) mass is 222 g/mol. The summed E-state index contributed by atoms with van der Waals surface area (Å²) < 4.78 is 0. The molecule has 3 heteroatoms. The van der Waals surface area contributed by atoms with Crippen LogP contribution in [0.25, 0.3) is 0 Å². The Labute approximate surface area is 97.9 Å². The number of hydrogen-bond donors (Lipinski definition) is 1. The van der Waals surface area contributed by atoms with E-state index >= 15 is 0 Å². The molecule has 1 unspecified atom stereocenters. The number of nitrogens with one attached hydrogen (secondary N) is 1. The van der Waals surface area contributed by atoms with E-state index in [9.17, 15) is 4.79 Å². The van der Waals surface area contributed by atoms with E-state index in [0.717, 1.165) is 19.5 Å². The molecule has 3 nitrogen and oxygen atoms in total. The minimum Gasteiger partial charge on any atom is -0.336 e. The van der Waals surface area contributed by atoms with E-state index in [1.54, 1.807) is 0 Å². The van der Waals surface area contributed by atoms with Crippen LogP contribution in [0.4, 0.5) is 0 Å². The van der Waals surface area contributed by atoms with Crippen molar-refractivity contribution < 1.29 is 4.79 Å². The number of hydrogen-bond acceptors (Lipinski definition) is 2. The zero-order valence-electron chi connectivity index (χ0n) is 9.95. The fourth-order valence-electron chi connectivity index (χ4n) is 2.42. The molecule has 16 heavy (non-hydrogen) atoms. The molecule has 1 atom stereocenters. The first kappa shape index (κ1) is 11.6. The molecule has 0 bridgehead atoms. The Kier molecular flexibility index (Phi) is 3.99. The SMILES string of the molecule is C=CCN(C(=O)CCC1CCCN1)C1CC1. The van der Waals surface area contributed by atoms with Crippen LogP contribution in [0.5, 0.6) is 0 Å². The fourth-order valence-corrected chi connectivity index (χ4v) is 2.42. The number of rotatable bonds is 6. The molecule has 1 amide bonds. The average Bonchev–Trinajstić information content (AvgIpc) is 2.99. The van der Waals surface area contributed by atoms with Crippen molar-refractivity contribution in [2.45, 2.75) is 50.6 Å². The van der Waals surface area contributed by atoms with Gasteiger partial charge in [-0.15, -0.1) is 6.58 Å². The summed E-state index contributed by atoms with van der Waals surface area (Å²) in [5.74, 6) is 0.316. The smallest absolute Gasteiger partial charge is 0.223 e. The van der Waals surface area contributed by atoms with Gasteiger partial charge in [-0.3, -0.25) is 4.79 Å². The van der Waals surface area contributed by atoms with Gasteiger partial charge in [0, 0.05) is 25.0 Å². The van der Waals surface area contributed by atoms with E-state index in [0.29, 0.717) is 24.4 Å². The Morgan fingerprint density at radius 1 is 1.44 bits per heavy atom. The predicted molar refractivity (Wildman–Crippen MR) is 65.2 cm³/mol. The van der Waals surface area contributed by atoms with Crippen LogP contribution in [0.15, 0.2) is 12.7 Å². The van der Waals surface area contributed by atoms with Gasteiger partial charge in [-0.05, 0) is 38.6 Å². The molecule has 1 aliphatic heterocycles. The number of nitrogens with zero attached hydrogens (tertiary/aromatic N) is 1. The van der Waals surface area contributed by atoms with Crippen LogP contribution in [-0.4, -0.2) is 36.0 Å². The fraction of sp³-hybridized carbons (Fsp3) is 0.769. The van der Waals surface area contributed by atoms with E-state index in [4.69, 9.17) is 0 Å². The molecule has 2 fully saturated rings. The van der Waals surface area contributed by atoms with Crippen molar-refractivity contribution in [1.82, 2.24) is 10.2 Å². The van der Waals surface area contributed by atoms with Gasteiger partial charge in [0.2, 0.25) is 5.91 Å². The lowest BCUT2D eigenvalue weighted by Gasteiger charge is -2.21. The summed E-state index contributed by atoms with van der Waals surface area (Å²) in [5, 5.41) is 3.44. The minimum atomic E-state index is 0.316. The summed E-state index contributed by atoms with van der Waals surface area (Å²) in [7, 11) is 0. The minimum absolute atomic E-state index is 0.316. The summed E-state index contributed by atoms with van der Waals surface area (Å²) >= 11 is 0. The van der Waals surface area contributed by atoms with Crippen LogP contribution < -0.4 is 5.32 Å². The Bertz CT molecular complexity index is 255. The van der Waals surface area contributed by atoms with Crippen molar-refractivity contribution in [3.63, 3.8) is 0 Å². The maximum absolute atomic E-state index is 12.0. The molecule has 0 aromatic rings. The van der Waals surface area contributed by atoms with Crippen molar-refractivity contribution in [2.24, 2.45) is 0 Å². The molecule has 1 saturated heterocycles. The maximum atomic E-state index is 12.0. The Morgan fingerprint density at radius 2 is 2.25 bits per heavy atom. The molecule has 1 saturated carbocycles. The Morgan fingerprint density at radius 3 is 2.81 bits per heavy atom. The summed E-state index contributed by atoms with van der Waals surface area (Å²) in [6.07, 6.45) is 8.39. The van der Waals surface area contributed by atoms with Gasteiger partial charge in [-0.25, -0.2) is 0 Å². The zero-order chi connectivity index (χ0) is 11.4. The Balaban J connectivity index is 1.73. The second-order valence-corrected chi connectivity index (χ2v) is 4.90. The van der Waals surface area contributed by atoms with Crippen LogP contribution >= 0.6 is 0 Å². The van der Waals surface area contributed by atoms with E-state index in [2.05, 4.69) is 11.9 Å². The van der Waals surface area contributed by atoms with E-state index < -0.39 is 0 Å². The highest BCUT2D eigenvalue weighted by Gasteiger charge is 2.31. The van der Waals surface area contributed by atoms with Crippen LogP contribution in [0, 0.1) is 0 Å². The second kappa shape index (κ2) is 5.48. The molecule has 0 spiro atoms. The lowest BCUT2D eigenvalue weighted by molar-refractivity contribution is -0.131. The van der Waals surface area contributed by atoms with Gasteiger partial charge in [0.25, 0.3) is 0 Å². The number of amides is 1. The number of carbonyl (C=O) groups excluding carboxylic acids is 1. The zero-order valence-corrected chi connectivity index (χ0v) is 9.95. The third kappa shape index (κ3) is 3.08. The molecule has 1 aliphatic carbocycles. The third-order valence-electron chi connectivity index (χ3n) is 3.50. The molecule has 1 heterocycles. The highest BCUT2D eigenvalue weighted by atomic mass is 16.2. The average molecular weight is 222 g/mol. The number of carbonyl (C=O) groups is 1. The largest absolute Gasteiger partial charge is 0.336 e. The molecule has 90 valence electrons. The van der Waals surface area contributed by atoms with Crippen LogP contribution in [0.1, 0.15) is 38.5 Å². The molecule has 0 aromatic carbocycles. The van der Waals surface area contributed by atoms with Gasteiger partial charge in [0.1, 0.15) is 0 Å². The van der Waals surface area contributed by atoms with Gasteiger partial charge >= 0.3 is 0 Å². The molecule has 2 aliphatic rings. The second-order valence-electron chi connectivity index (χ2n) is 4.90. The molecule has 0 aromatic heterocycles. The Hall–Kier alpha value is -0.830. The topological polar surface area (TPSA) is 32.3 Å². The highest BCUT2D eigenvalue weighted by Crippen LogP contribution is 2.27. The van der Waals surface area contributed by atoms with E-state index in [1.165, 1.54) is 25.7 Å². The van der Waals surface area contributed by atoms with Gasteiger partial charge in [0.05, 0.1) is 0 Å². The van der Waals surface area contributed by atoms with Crippen LogP contribution in [0.3, 0.4) is 0 Å². The molecular formula is C13H22N2O. The lowest BCUT2D eigenvalue weighted by atomic mass is 10.1. The molecule has 2 rings (SSSR count). The standard InChI is InChI=1S/C13H22N2O/c1-2-10-15(12-6-7-12)13(16)8-5-11-4-3-9-14-11/h2,11-12,14H,1,3-10H2.